The molecule has 0 radical (unpaired) electrons. The Labute approximate surface area is 130 Å². The second kappa shape index (κ2) is 4.47. The molecule has 0 unspecified atom stereocenters. The first-order valence-electron chi connectivity index (χ1n) is 7.59. The molecule has 3 nitrogen and oxygen atoms in total. The molecule has 0 spiro atoms. The minimum absolute atomic E-state index is 1.24. The number of nitrogens with zero attached hydrogens (tertiary/aromatic N) is 3. The molecule has 2 heterocycles. The summed E-state index contributed by atoms with van der Waals surface area (Å²) in [6.45, 7) is 2.17. The van der Waals surface area contributed by atoms with Gasteiger partial charge in [-0.05, 0) is 30.7 Å². The monoisotopic (exact) mass is 290 g/mol. The predicted octanol–water partition coefficient (Wildman–Crippen LogP) is 3.47. The number of aryl methyl sites for hydroxylation is 4. The molecule has 0 bridgehead atoms. The lowest BCUT2D eigenvalue weighted by Crippen LogP contribution is -2.32. The van der Waals surface area contributed by atoms with E-state index in [9.17, 15) is 0 Å². The highest BCUT2D eigenvalue weighted by molar-refractivity contribution is 6.04. The molecule has 0 aliphatic carbocycles. The van der Waals surface area contributed by atoms with Crippen LogP contribution in [0.1, 0.15) is 5.56 Å². The maximum atomic E-state index is 2.32. The summed E-state index contributed by atoms with van der Waals surface area (Å²) in [6.07, 6.45) is 0. The number of hydrogen-bond acceptors (Lipinski definition) is 0. The summed E-state index contributed by atoms with van der Waals surface area (Å²) in [7, 11) is 6.46. The maximum Gasteiger partial charge on any atom is 0.269 e. The van der Waals surface area contributed by atoms with Crippen molar-refractivity contribution in [1.29, 1.82) is 0 Å². The molecule has 2 aromatic carbocycles. The molecule has 0 fully saturated rings. The van der Waals surface area contributed by atoms with Crippen LogP contribution in [0, 0.1) is 6.92 Å². The summed E-state index contributed by atoms with van der Waals surface area (Å²) < 4.78 is 6.91. The quantitative estimate of drug-likeness (QED) is 0.477. The third-order valence-electron chi connectivity index (χ3n) is 4.72. The van der Waals surface area contributed by atoms with E-state index in [1.54, 1.807) is 0 Å². The van der Waals surface area contributed by atoms with Crippen LogP contribution in [0.4, 0.5) is 0 Å². The van der Waals surface area contributed by atoms with Gasteiger partial charge < -0.3 is 0 Å². The van der Waals surface area contributed by atoms with Crippen molar-refractivity contribution in [2.45, 2.75) is 6.92 Å². The Kier molecular flexibility index (Phi) is 2.67. The number of hydrogen-bond donors (Lipinski definition) is 0. The van der Waals surface area contributed by atoms with Gasteiger partial charge in [0.15, 0.2) is 5.52 Å². The summed E-state index contributed by atoms with van der Waals surface area (Å²) >= 11 is 0. The van der Waals surface area contributed by atoms with Crippen LogP contribution in [0.25, 0.3) is 33.5 Å². The van der Waals surface area contributed by atoms with Crippen LogP contribution < -0.4 is 4.57 Å². The molecule has 110 valence electrons. The third kappa shape index (κ3) is 1.54. The molecule has 22 heavy (non-hydrogen) atoms. The number of rotatable bonds is 1. The Hall–Kier alpha value is -2.55. The van der Waals surface area contributed by atoms with Crippen molar-refractivity contribution in [1.82, 2.24) is 9.13 Å². The van der Waals surface area contributed by atoms with E-state index >= 15 is 0 Å². The Morgan fingerprint density at radius 1 is 0.864 bits per heavy atom. The molecule has 2 aromatic heterocycles. The van der Waals surface area contributed by atoms with E-state index in [4.69, 9.17) is 0 Å². The average Bonchev–Trinajstić information content (AvgIpc) is 2.96. The predicted molar refractivity (Wildman–Crippen MR) is 90.7 cm³/mol. The second-order valence-corrected chi connectivity index (χ2v) is 6.00. The zero-order valence-corrected chi connectivity index (χ0v) is 13.5. The zero-order chi connectivity index (χ0) is 15.4. The van der Waals surface area contributed by atoms with Gasteiger partial charge in [0, 0.05) is 0 Å². The molecule has 0 saturated carbocycles. The van der Waals surface area contributed by atoms with Crippen LogP contribution in [0.2, 0.25) is 0 Å². The van der Waals surface area contributed by atoms with Gasteiger partial charge in [-0.15, -0.1) is 0 Å². The smallest absolute Gasteiger partial charge is 0.259 e. The van der Waals surface area contributed by atoms with Crippen LogP contribution in [-0.2, 0) is 21.1 Å². The lowest BCUT2D eigenvalue weighted by atomic mass is 10.1. The molecule has 3 heteroatoms. The molecule has 0 amide bonds. The zero-order valence-electron chi connectivity index (χ0n) is 13.5. The SMILES string of the molecule is Cc1ccccc1-c1n(C)c2c3ccccc3n(C)c2[n+]1C. The molecule has 4 aromatic rings. The number of benzene rings is 2. The minimum atomic E-state index is 1.24. The largest absolute Gasteiger partial charge is 0.269 e. The number of imidazole rings is 1. The van der Waals surface area contributed by atoms with Crippen molar-refractivity contribution in [3.63, 3.8) is 0 Å². The van der Waals surface area contributed by atoms with E-state index in [2.05, 4.69) is 90.3 Å². The van der Waals surface area contributed by atoms with E-state index in [0.717, 1.165) is 0 Å². The molecule has 0 aliphatic rings. The Bertz CT molecular complexity index is 1020. The summed E-state index contributed by atoms with van der Waals surface area (Å²) in [5.74, 6) is 1.24. The van der Waals surface area contributed by atoms with Gasteiger partial charge in [-0.3, -0.25) is 9.13 Å². The normalized spacial score (nSPS) is 11.6. The van der Waals surface area contributed by atoms with Crippen molar-refractivity contribution in [2.24, 2.45) is 21.1 Å². The van der Waals surface area contributed by atoms with Gasteiger partial charge in [-0.25, -0.2) is 4.57 Å². The van der Waals surface area contributed by atoms with Crippen molar-refractivity contribution >= 4 is 22.1 Å². The maximum absolute atomic E-state index is 2.32. The molecule has 4 rings (SSSR count). The first-order chi connectivity index (χ1) is 10.6. The van der Waals surface area contributed by atoms with Gasteiger partial charge in [0.2, 0.25) is 5.82 Å². The van der Waals surface area contributed by atoms with Crippen LogP contribution in [-0.4, -0.2) is 9.13 Å². The fourth-order valence-electron chi connectivity index (χ4n) is 3.69. The van der Waals surface area contributed by atoms with Crippen LogP contribution >= 0.6 is 0 Å². The van der Waals surface area contributed by atoms with E-state index in [1.807, 2.05) is 0 Å². The van der Waals surface area contributed by atoms with E-state index < -0.39 is 0 Å². The van der Waals surface area contributed by atoms with Gasteiger partial charge in [-0.1, -0.05) is 30.3 Å². The average molecular weight is 290 g/mol. The third-order valence-corrected chi connectivity index (χ3v) is 4.72. The fourth-order valence-corrected chi connectivity index (χ4v) is 3.69. The first-order valence-corrected chi connectivity index (χ1v) is 7.59. The van der Waals surface area contributed by atoms with E-state index in [-0.39, 0.29) is 0 Å². The highest BCUT2D eigenvalue weighted by Gasteiger charge is 2.27. The second-order valence-electron chi connectivity index (χ2n) is 6.00. The van der Waals surface area contributed by atoms with Gasteiger partial charge in [0.25, 0.3) is 5.65 Å². The number of para-hydroxylation sites is 1. The standard InChI is InChI=1S/C19H20N3/c1-13-9-5-6-10-14(13)18-21(3)17-15-11-7-8-12-16(15)20(2)19(17)22(18)4/h5-12H,1-4H3/q+1. The summed E-state index contributed by atoms with van der Waals surface area (Å²) in [5, 5.41) is 1.30. The molecule has 0 atom stereocenters. The Morgan fingerprint density at radius 3 is 2.32 bits per heavy atom. The number of aromatic nitrogens is 3. The molecule has 0 aliphatic heterocycles. The lowest BCUT2D eigenvalue weighted by Gasteiger charge is -2.05. The Morgan fingerprint density at radius 2 is 1.55 bits per heavy atom. The van der Waals surface area contributed by atoms with Crippen LogP contribution in [0.3, 0.4) is 0 Å². The van der Waals surface area contributed by atoms with Gasteiger partial charge in [0.05, 0.1) is 32.1 Å². The summed E-state index contributed by atoms with van der Waals surface area (Å²) in [4.78, 5) is 0. The van der Waals surface area contributed by atoms with Crippen molar-refractivity contribution < 1.29 is 4.57 Å². The summed E-state index contributed by atoms with van der Waals surface area (Å²) in [5.41, 5.74) is 6.40. The van der Waals surface area contributed by atoms with E-state index in [0.29, 0.717) is 0 Å². The number of fused-ring (bicyclic) bond motifs is 3. The molecule has 0 saturated heterocycles. The highest BCUT2D eigenvalue weighted by Crippen LogP contribution is 2.30. The molecular formula is C19H20N3+. The molecular weight excluding hydrogens is 270 g/mol. The van der Waals surface area contributed by atoms with Crippen molar-refractivity contribution in [2.75, 3.05) is 0 Å². The van der Waals surface area contributed by atoms with Crippen molar-refractivity contribution in [3.8, 4) is 11.4 Å². The van der Waals surface area contributed by atoms with Crippen LogP contribution in [0.5, 0.6) is 0 Å². The Balaban J connectivity index is 2.20. The molecule has 0 N–H and O–H groups in total. The lowest BCUT2D eigenvalue weighted by molar-refractivity contribution is -0.636. The minimum Gasteiger partial charge on any atom is -0.259 e. The fraction of sp³-hybridized carbons (Fsp3) is 0.211. The van der Waals surface area contributed by atoms with Gasteiger partial charge in [0.1, 0.15) is 5.52 Å². The van der Waals surface area contributed by atoms with Crippen molar-refractivity contribution in [3.05, 3.63) is 54.1 Å². The summed E-state index contributed by atoms with van der Waals surface area (Å²) in [6, 6.07) is 17.2. The topological polar surface area (TPSA) is 13.7 Å². The van der Waals surface area contributed by atoms with E-state index in [1.165, 1.54) is 39.0 Å². The highest BCUT2D eigenvalue weighted by atomic mass is 15.2. The first kappa shape index (κ1) is 13.1. The van der Waals surface area contributed by atoms with Gasteiger partial charge in [-0.2, -0.15) is 0 Å². The van der Waals surface area contributed by atoms with Crippen LogP contribution in [0.15, 0.2) is 48.5 Å². The van der Waals surface area contributed by atoms with Gasteiger partial charge >= 0.3 is 0 Å².